The minimum Gasteiger partial charge on any atom is -0.427 e. The van der Waals surface area contributed by atoms with Crippen LogP contribution in [-0.4, -0.2) is 37.2 Å². The van der Waals surface area contributed by atoms with E-state index in [0.29, 0.717) is 12.2 Å². The van der Waals surface area contributed by atoms with Gasteiger partial charge in [0.25, 0.3) is 0 Å². The maximum absolute atomic E-state index is 11.4. The average Bonchev–Trinajstić information content (AvgIpc) is 2.42. The summed E-state index contributed by atoms with van der Waals surface area (Å²) in [5, 5.41) is 0. The van der Waals surface area contributed by atoms with Gasteiger partial charge in [0.05, 0.1) is 13.2 Å². The summed E-state index contributed by atoms with van der Waals surface area (Å²) in [5.41, 5.74) is 1.23. The van der Waals surface area contributed by atoms with E-state index in [9.17, 15) is 4.79 Å². The first-order valence-electron chi connectivity index (χ1n) is 6.87. The largest absolute Gasteiger partial charge is 0.427 e. The van der Waals surface area contributed by atoms with Crippen LogP contribution in [0.15, 0.2) is 24.3 Å². The molecular formula is C15H21NO3. The zero-order valence-electron chi connectivity index (χ0n) is 11.4. The maximum Gasteiger partial charge on any atom is 0.311 e. The lowest BCUT2D eigenvalue weighted by Crippen LogP contribution is -2.35. The molecule has 1 aliphatic heterocycles. The molecule has 0 N–H and O–H groups in total. The van der Waals surface area contributed by atoms with Crippen molar-refractivity contribution in [1.82, 2.24) is 4.90 Å². The summed E-state index contributed by atoms with van der Waals surface area (Å²) < 4.78 is 10.6. The number of hydrogen-bond donors (Lipinski definition) is 0. The predicted octanol–water partition coefficient (Wildman–Crippen LogP) is 2.22. The molecule has 104 valence electrons. The number of carbonyl (C=O) groups is 1. The molecule has 1 fully saturated rings. The van der Waals surface area contributed by atoms with Crippen LogP contribution in [0.4, 0.5) is 0 Å². The SMILES string of the molecule is CCCC(=O)Oc1ccc(CN2CCOCC2)cc1. The average molecular weight is 263 g/mol. The van der Waals surface area contributed by atoms with E-state index in [1.54, 1.807) is 0 Å². The highest BCUT2D eigenvalue weighted by Crippen LogP contribution is 2.15. The minimum absolute atomic E-state index is 0.163. The molecule has 0 atom stereocenters. The zero-order valence-corrected chi connectivity index (χ0v) is 11.4. The Kier molecular flexibility index (Phi) is 5.36. The van der Waals surface area contributed by atoms with E-state index in [2.05, 4.69) is 4.90 Å². The molecule has 0 spiro atoms. The molecule has 0 aliphatic carbocycles. The summed E-state index contributed by atoms with van der Waals surface area (Å²) in [5.74, 6) is 0.465. The summed E-state index contributed by atoms with van der Waals surface area (Å²) in [7, 11) is 0. The van der Waals surface area contributed by atoms with Crippen molar-refractivity contribution >= 4 is 5.97 Å². The van der Waals surface area contributed by atoms with Crippen molar-refractivity contribution in [3.8, 4) is 5.75 Å². The Morgan fingerprint density at radius 1 is 1.26 bits per heavy atom. The molecule has 2 rings (SSSR count). The van der Waals surface area contributed by atoms with Crippen molar-refractivity contribution in [1.29, 1.82) is 0 Å². The fourth-order valence-electron chi connectivity index (χ4n) is 2.07. The van der Waals surface area contributed by atoms with Crippen LogP contribution >= 0.6 is 0 Å². The van der Waals surface area contributed by atoms with E-state index in [1.807, 2.05) is 31.2 Å². The van der Waals surface area contributed by atoms with E-state index < -0.39 is 0 Å². The predicted molar refractivity (Wildman–Crippen MR) is 73.1 cm³/mol. The van der Waals surface area contributed by atoms with Gasteiger partial charge in [-0.05, 0) is 24.1 Å². The van der Waals surface area contributed by atoms with Gasteiger partial charge in [0.15, 0.2) is 0 Å². The molecule has 1 saturated heterocycles. The summed E-state index contributed by atoms with van der Waals surface area (Å²) in [6, 6.07) is 7.76. The van der Waals surface area contributed by atoms with Crippen LogP contribution in [0.1, 0.15) is 25.3 Å². The summed E-state index contributed by atoms with van der Waals surface area (Å²) >= 11 is 0. The molecule has 19 heavy (non-hydrogen) atoms. The van der Waals surface area contributed by atoms with Gasteiger partial charge in [-0.3, -0.25) is 9.69 Å². The first-order chi connectivity index (χ1) is 9.28. The Labute approximate surface area is 114 Å². The number of hydrogen-bond acceptors (Lipinski definition) is 4. The normalized spacial score (nSPS) is 16.3. The van der Waals surface area contributed by atoms with Crippen LogP contribution < -0.4 is 4.74 Å². The zero-order chi connectivity index (χ0) is 13.5. The van der Waals surface area contributed by atoms with Crippen LogP contribution in [0.2, 0.25) is 0 Å². The van der Waals surface area contributed by atoms with Crippen LogP contribution in [0.3, 0.4) is 0 Å². The Morgan fingerprint density at radius 3 is 2.58 bits per heavy atom. The third kappa shape index (κ3) is 4.65. The van der Waals surface area contributed by atoms with E-state index in [4.69, 9.17) is 9.47 Å². The van der Waals surface area contributed by atoms with Crippen LogP contribution in [0.5, 0.6) is 5.75 Å². The maximum atomic E-state index is 11.4. The van der Waals surface area contributed by atoms with Crippen molar-refractivity contribution in [2.45, 2.75) is 26.3 Å². The number of carbonyl (C=O) groups excluding carboxylic acids is 1. The van der Waals surface area contributed by atoms with Gasteiger partial charge in [-0.15, -0.1) is 0 Å². The third-order valence-electron chi connectivity index (χ3n) is 3.12. The van der Waals surface area contributed by atoms with Crippen LogP contribution in [0.25, 0.3) is 0 Å². The monoisotopic (exact) mass is 263 g/mol. The second-order valence-electron chi connectivity index (χ2n) is 4.76. The molecule has 1 aliphatic rings. The van der Waals surface area contributed by atoms with Crippen molar-refractivity contribution in [3.05, 3.63) is 29.8 Å². The summed E-state index contributed by atoms with van der Waals surface area (Å²) in [6.45, 7) is 6.47. The molecule has 1 aromatic carbocycles. The van der Waals surface area contributed by atoms with Crippen molar-refractivity contribution in [2.75, 3.05) is 26.3 Å². The van der Waals surface area contributed by atoms with Gasteiger partial charge in [0, 0.05) is 26.1 Å². The van der Waals surface area contributed by atoms with E-state index in [1.165, 1.54) is 5.56 Å². The number of esters is 1. The lowest BCUT2D eigenvalue weighted by molar-refractivity contribution is -0.134. The third-order valence-corrected chi connectivity index (χ3v) is 3.12. The van der Waals surface area contributed by atoms with Crippen molar-refractivity contribution < 1.29 is 14.3 Å². The summed E-state index contributed by atoms with van der Waals surface area (Å²) in [4.78, 5) is 13.7. The second-order valence-corrected chi connectivity index (χ2v) is 4.76. The van der Waals surface area contributed by atoms with Gasteiger partial charge in [-0.2, -0.15) is 0 Å². The minimum atomic E-state index is -0.163. The van der Waals surface area contributed by atoms with Gasteiger partial charge in [-0.1, -0.05) is 19.1 Å². The Morgan fingerprint density at radius 2 is 1.95 bits per heavy atom. The van der Waals surface area contributed by atoms with Crippen LogP contribution in [-0.2, 0) is 16.1 Å². The van der Waals surface area contributed by atoms with E-state index >= 15 is 0 Å². The van der Waals surface area contributed by atoms with E-state index in [0.717, 1.165) is 39.3 Å². The smallest absolute Gasteiger partial charge is 0.311 e. The molecule has 0 aromatic heterocycles. The molecular weight excluding hydrogens is 242 g/mol. The number of ether oxygens (including phenoxy) is 2. The lowest BCUT2D eigenvalue weighted by atomic mass is 10.2. The van der Waals surface area contributed by atoms with Gasteiger partial charge in [-0.25, -0.2) is 0 Å². The van der Waals surface area contributed by atoms with Gasteiger partial charge in [0.2, 0.25) is 0 Å². The highest BCUT2D eigenvalue weighted by molar-refractivity contribution is 5.72. The first-order valence-corrected chi connectivity index (χ1v) is 6.87. The highest BCUT2D eigenvalue weighted by Gasteiger charge is 2.10. The molecule has 0 amide bonds. The molecule has 4 nitrogen and oxygen atoms in total. The fourth-order valence-corrected chi connectivity index (χ4v) is 2.07. The van der Waals surface area contributed by atoms with E-state index in [-0.39, 0.29) is 5.97 Å². The molecule has 1 heterocycles. The molecule has 0 radical (unpaired) electrons. The quantitative estimate of drug-likeness (QED) is 0.603. The molecule has 4 heteroatoms. The molecule has 0 unspecified atom stereocenters. The van der Waals surface area contributed by atoms with Crippen molar-refractivity contribution in [3.63, 3.8) is 0 Å². The number of morpholine rings is 1. The van der Waals surface area contributed by atoms with Crippen molar-refractivity contribution in [2.24, 2.45) is 0 Å². The van der Waals surface area contributed by atoms with Gasteiger partial charge in [0.1, 0.15) is 5.75 Å². The molecule has 0 bridgehead atoms. The standard InChI is InChI=1S/C15H21NO3/c1-2-3-15(17)19-14-6-4-13(5-7-14)12-16-8-10-18-11-9-16/h4-7H,2-3,8-12H2,1H3. The van der Waals surface area contributed by atoms with Gasteiger partial charge >= 0.3 is 5.97 Å². The first kappa shape index (κ1) is 14.0. The van der Waals surface area contributed by atoms with Gasteiger partial charge < -0.3 is 9.47 Å². The topological polar surface area (TPSA) is 38.8 Å². The Bertz CT molecular complexity index is 396. The fraction of sp³-hybridized carbons (Fsp3) is 0.533. The highest BCUT2D eigenvalue weighted by atomic mass is 16.5. The number of nitrogens with zero attached hydrogens (tertiary/aromatic N) is 1. The van der Waals surface area contributed by atoms with Crippen LogP contribution in [0, 0.1) is 0 Å². The lowest BCUT2D eigenvalue weighted by Gasteiger charge is -2.26. The molecule has 1 aromatic rings. The summed E-state index contributed by atoms with van der Waals surface area (Å²) in [6.07, 6.45) is 1.28. The molecule has 0 saturated carbocycles. The number of benzene rings is 1. The second kappa shape index (κ2) is 7.26. The number of rotatable bonds is 5. The Hall–Kier alpha value is -1.39. The Balaban J connectivity index is 1.85.